The van der Waals surface area contributed by atoms with Crippen molar-refractivity contribution < 1.29 is 0 Å². The molecule has 0 fully saturated rings. The van der Waals surface area contributed by atoms with Crippen molar-refractivity contribution in [2.45, 2.75) is 104 Å². The summed E-state index contributed by atoms with van der Waals surface area (Å²) in [6.45, 7) is 12.6. The largest absolute Gasteiger partial charge is 0.115 e. The molecular formula is C27H44. The summed E-state index contributed by atoms with van der Waals surface area (Å²) in [6.07, 6.45) is 31.8. The van der Waals surface area contributed by atoms with Gasteiger partial charge in [-0.2, -0.15) is 0 Å². The van der Waals surface area contributed by atoms with Crippen molar-refractivity contribution >= 4 is 0 Å². The zero-order valence-corrected chi connectivity index (χ0v) is 18.3. The third-order valence-corrected chi connectivity index (χ3v) is 5.14. The standard InChI is InChI=1S/C27H44/c1-6-9-10-14-17-21-25(4)22-18-15-12-11-13-16-19-23-27(8-3)24-26(5)20-7-2/h2,8,16,19-20,27H,3-4,6,9-15,17-18,21-24H2,1,5H3/b19-16+,26-20+. The van der Waals surface area contributed by atoms with Crippen LogP contribution < -0.4 is 0 Å². The van der Waals surface area contributed by atoms with Crippen molar-refractivity contribution in [2.24, 2.45) is 5.92 Å². The van der Waals surface area contributed by atoms with E-state index in [-0.39, 0.29) is 0 Å². The maximum Gasteiger partial charge on any atom is -0.0132 e. The van der Waals surface area contributed by atoms with E-state index in [9.17, 15) is 0 Å². The van der Waals surface area contributed by atoms with Gasteiger partial charge in [0.1, 0.15) is 0 Å². The van der Waals surface area contributed by atoms with Crippen molar-refractivity contribution in [3.63, 3.8) is 0 Å². The van der Waals surface area contributed by atoms with Crippen molar-refractivity contribution in [2.75, 3.05) is 0 Å². The van der Waals surface area contributed by atoms with E-state index in [0.29, 0.717) is 5.92 Å². The van der Waals surface area contributed by atoms with E-state index in [1.165, 1.54) is 88.2 Å². The number of hydrogen-bond acceptors (Lipinski definition) is 0. The molecule has 0 aliphatic heterocycles. The van der Waals surface area contributed by atoms with Crippen LogP contribution in [0.4, 0.5) is 0 Å². The fourth-order valence-corrected chi connectivity index (χ4v) is 3.36. The smallest absolute Gasteiger partial charge is 0.0132 e. The lowest BCUT2D eigenvalue weighted by Crippen LogP contribution is -1.95. The number of terminal acetylenes is 1. The second-order valence-electron chi connectivity index (χ2n) is 7.93. The van der Waals surface area contributed by atoms with Gasteiger partial charge in [0.15, 0.2) is 0 Å². The summed E-state index contributed by atoms with van der Waals surface area (Å²) in [5.74, 6) is 3.10. The predicted molar refractivity (Wildman–Crippen MR) is 125 cm³/mol. The minimum absolute atomic E-state index is 0.499. The molecule has 0 saturated carbocycles. The van der Waals surface area contributed by atoms with Crippen molar-refractivity contribution in [3.8, 4) is 12.3 Å². The van der Waals surface area contributed by atoms with Crippen LogP contribution in [-0.4, -0.2) is 0 Å². The fourth-order valence-electron chi connectivity index (χ4n) is 3.36. The molecular weight excluding hydrogens is 324 g/mol. The Morgan fingerprint density at radius 3 is 2.19 bits per heavy atom. The van der Waals surface area contributed by atoms with Gasteiger partial charge < -0.3 is 0 Å². The molecule has 0 bridgehead atoms. The highest BCUT2D eigenvalue weighted by Crippen LogP contribution is 2.18. The molecule has 0 amide bonds. The minimum atomic E-state index is 0.499. The van der Waals surface area contributed by atoms with Crippen LogP contribution in [-0.2, 0) is 0 Å². The number of unbranched alkanes of at least 4 members (excludes halogenated alkanes) is 8. The molecule has 0 aromatic heterocycles. The van der Waals surface area contributed by atoms with Crippen LogP contribution in [0.1, 0.15) is 104 Å². The first kappa shape index (κ1) is 25.5. The van der Waals surface area contributed by atoms with Crippen molar-refractivity contribution in [1.29, 1.82) is 0 Å². The Balaban J connectivity index is 3.58. The van der Waals surface area contributed by atoms with Gasteiger partial charge in [-0.3, -0.25) is 0 Å². The lowest BCUT2D eigenvalue weighted by atomic mass is 9.96. The van der Waals surface area contributed by atoms with Gasteiger partial charge in [0.05, 0.1) is 0 Å². The van der Waals surface area contributed by atoms with E-state index >= 15 is 0 Å². The van der Waals surface area contributed by atoms with Crippen LogP contribution in [0.2, 0.25) is 0 Å². The highest BCUT2D eigenvalue weighted by Gasteiger charge is 2.02. The Hall–Kier alpha value is -1.48. The Kier molecular flexibility index (Phi) is 18.2. The molecule has 0 radical (unpaired) electrons. The maximum atomic E-state index is 5.32. The summed E-state index contributed by atoms with van der Waals surface area (Å²) in [7, 11) is 0. The molecule has 0 rings (SSSR count). The van der Waals surface area contributed by atoms with Crippen LogP contribution in [0.25, 0.3) is 0 Å². The molecule has 0 saturated heterocycles. The number of allylic oxidation sites excluding steroid dienone is 6. The molecule has 1 atom stereocenters. The molecule has 152 valence electrons. The molecule has 0 aromatic rings. The molecule has 0 N–H and O–H groups in total. The van der Waals surface area contributed by atoms with Gasteiger partial charge in [-0.15, -0.1) is 13.0 Å². The Labute approximate surface area is 170 Å². The molecule has 0 heteroatoms. The van der Waals surface area contributed by atoms with Gasteiger partial charge in [0.2, 0.25) is 0 Å². The van der Waals surface area contributed by atoms with E-state index in [4.69, 9.17) is 6.42 Å². The summed E-state index contributed by atoms with van der Waals surface area (Å²) in [4.78, 5) is 0. The first-order valence-electron chi connectivity index (χ1n) is 11.2. The van der Waals surface area contributed by atoms with Crippen LogP contribution in [0, 0.1) is 18.3 Å². The van der Waals surface area contributed by atoms with Gasteiger partial charge in [0, 0.05) is 0 Å². The number of rotatable bonds is 18. The van der Waals surface area contributed by atoms with Crippen molar-refractivity contribution in [1.82, 2.24) is 0 Å². The molecule has 0 nitrogen and oxygen atoms in total. The summed E-state index contributed by atoms with van der Waals surface area (Å²) < 4.78 is 0. The third-order valence-electron chi connectivity index (χ3n) is 5.14. The zero-order valence-electron chi connectivity index (χ0n) is 18.3. The quantitative estimate of drug-likeness (QED) is 0.129. The second-order valence-corrected chi connectivity index (χ2v) is 7.93. The van der Waals surface area contributed by atoms with E-state index < -0.39 is 0 Å². The first-order valence-corrected chi connectivity index (χ1v) is 11.2. The normalized spacial score (nSPS) is 12.9. The van der Waals surface area contributed by atoms with Gasteiger partial charge in [-0.05, 0) is 70.3 Å². The Morgan fingerprint density at radius 2 is 1.59 bits per heavy atom. The maximum absolute atomic E-state index is 5.32. The lowest BCUT2D eigenvalue weighted by Gasteiger charge is -2.09. The molecule has 27 heavy (non-hydrogen) atoms. The van der Waals surface area contributed by atoms with Crippen LogP contribution in [0.3, 0.4) is 0 Å². The topological polar surface area (TPSA) is 0 Å². The SMILES string of the molecule is C#C/C=C(\C)CC(C=C)C/C=C/CCCCCCC(=C)CCCCCCC. The van der Waals surface area contributed by atoms with E-state index in [0.717, 1.165) is 12.8 Å². The van der Waals surface area contributed by atoms with Gasteiger partial charge in [-0.1, -0.05) is 87.3 Å². The van der Waals surface area contributed by atoms with Gasteiger partial charge in [-0.25, -0.2) is 0 Å². The van der Waals surface area contributed by atoms with E-state index in [1.54, 1.807) is 0 Å². The average molecular weight is 369 g/mol. The first-order chi connectivity index (χ1) is 13.1. The van der Waals surface area contributed by atoms with E-state index in [1.807, 2.05) is 6.08 Å². The number of hydrogen-bond donors (Lipinski definition) is 0. The molecule has 0 spiro atoms. The summed E-state index contributed by atoms with van der Waals surface area (Å²) in [6, 6.07) is 0. The van der Waals surface area contributed by atoms with Gasteiger partial charge >= 0.3 is 0 Å². The Bertz CT molecular complexity index is 469. The molecule has 0 aromatic carbocycles. The molecule has 0 heterocycles. The monoisotopic (exact) mass is 368 g/mol. The Morgan fingerprint density at radius 1 is 0.963 bits per heavy atom. The predicted octanol–water partition coefficient (Wildman–Crippen LogP) is 8.96. The van der Waals surface area contributed by atoms with Crippen LogP contribution >= 0.6 is 0 Å². The second kappa shape index (κ2) is 19.3. The van der Waals surface area contributed by atoms with Crippen molar-refractivity contribution in [3.05, 3.63) is 48.6 Å². The molecule has 1 unspecified atom stereocenters. The summed E-state index contributed by atoms with van der Waals surface area (Å²) in [5, 5.41) is 0. The third kappa shape index (κ3) is 17.7. The van der Waals surface area contributed by atoms with Gasteiger partial charge in [0.25, 0.3) is 0 Å². The highest BCUT2D eigenvalue weighted by atomic mass is 14.1. The summed E-state index contributed by atoms with van der Waals surface area (Å²) >= 11 is 0. The van der Waals surface area contributed by atoms with Crippen LogP contribution in [0.5, 0.6) is 0 Å². The fraction of sp³-hybridized carbons (Fsp3) is 0.630. The minimum Gasteiger partial charge on any atom is -0.115 e. The summed E-state index contributed by atoms with van der Waals surface area (Å²) in [5.41, 5.74) is 2.73. The van der Waals surface area contributed by atoms with Crippen LogP contribution in [0.15, 0.2) is 48.6 Å². The lowest BCUT2D eigenvalue weighted by molar-refractivity contribution is 0.605. The van der Waals surface area contributed by atoms with E-state index in [2.05, 4.69) is 51.2 Å². The average Bonchev–Trinajstić information content (AvgIpc) is 2.65. The molecule has 0 aliphatic carbocycles. The highest BCUT2D eigenvalue weighted by molar-refractivity contribution is 5.17. The zero-order chi connectivity index (χ0) is 20.2. The molecule has 0 aliphatic rings.